The number of hydrogen-bond acceptors (Lipinski definition) is 3. The van der Waals surface area contributed by atoms with E-state index >= 15 is 0 Å². The van der Waals surface area contributed by atoms with Crippen molar-refractivity contribution in [3.05, 3.63) is 53.8 Å². The maximum absolute atomic E-state index is 10.9. The highest BCUT2D eigenvalue weighted by Crippen LogP contribution is 2.20. The van der Waals surface area contributed by atoms with E-state index in [0.717, 1.165) is 0 Å². The summed E-state index contributed by atoms with van der Waals surface area (Å²) in [7, 11) is 0. The SMILES string of the molecule is C=CC(=CC)Oc1ccc(C(=O)O)c(C(=O)O)c1. The van der Waals surface area contributed by atoms with Crippen molar-refractivity contribution < 1.29 is 24.5 Å². The molecule has 0 unspecified atom stereocenters. The third kappa shape index (κ3) is 2.98. The molecule has 0 saturated heterocycles. The molecule has 0 heterocycles. The van der Waals surface area contributed by atoms with Crippen LogP contribution in [-0.4, -0.2) is 22.2 Å². The van der Waals surface area contributed by atoms with E-state index in [0.29, 0.717) is 5.76 Å². The van der Waals surface area contributed by atoms with Gasteiger partial charge >= 0.3 is 11.9 Å². The van der Waals surface area contributed by atoms with E-state index < -0.39 is 11.9 Å². The van der Waals surface area contributed by atoms with Crippen LogP contribution in [0.3, 0.4) is 0 Å². The maximum Gasteiger partial charge on any atom is 0.336 e. The highest BCUT2D eigenvalue weighted by Gasteiger charge is 2.16. The number of carboxylic acid groups (broad SMARTS) is 2. The number of carboxylic acids is 2. The minimum Gasteiger partial charge on any atom is -0.478 e. The van der Waals surface area contributed by atoms with Crippen molar-refractivity contribution in [2.24, 2.45) is 0 Å². The Bertz CT molecular complexity index is 528. The molecule has 1 aromatic carbocycles. The van der Waals surface area contributed by atoms with Crippen LogP contribution in [-0.2, 0) is 0 Å². The van der Waals surface area contributed by atoms with Crippen LogP contribution in [0.2, 0.25) is 0 Å². The molecule has 5 nitrogen and oxygen atoms in total. The minimum atomic E-state index is -1.32. The Balaban J connectivity index is 3.19. The molecule has 18 heavy (non-hydrogen) atoms. The summed E-state index contributed by atoms with van der Waals surface area (Å²) in [5.74, 6) is -1.92. The van der Waals surface area contributed by atoms with Crippen LogP contribution < -0.4 is 4.74 Å². The van der Waals surface area contributed by atoms with Gasteiger partial charge in [-0.25, -0.2) is 9.59 Å². The van der Waals surface area contributed by atoms with Gasteiger partial charge in [0.15, 0.2) is 0 Å². The minimum absolute atomic E-state index is 0.241. The van der Waals surface area contributed by atoms with Gasteiger partial charge in [-0.2, -0.15) is 0 Å². The molecule has 0 aliphatic rings. The van der Waals surface area contributed by atoms with E-state index in [1.807, 2.05) is 0 Å². The zero-order valence-corrected chi connectivity index (χ0v) is 9.71. The average Bonchev–Trinajstić information content (AvgIpc) is 2.35. The molecular formula is C13H12O5. The van der Waals surface area contributed by atoms with Crippen molar-refractivity contribution in [3.8, 4) is 5.75 Å². The Morgan fingerprint density at radius 1 is 1.22 bits per heavy atom. The van der Waals surface area contributed by atoms with E-state index in [9.17, 15) is 9.59 Å². The first-order valence-electron chi connectivity index (χ1n) is 5.06. The van der Waals surface area contributed by atoms with Crippen molar-refractivity contribution in [1.29, 1.82) is 0 Å². The molecule has 5 heteroatoms. The van der Waals surface area contributed by atoms with Crippen LogP contribution in [0.1, 0.15) is 27.6 Å². The summed E-state index contributed by atoms with van der Waals surface area (Å²) in [4.78, 5) is 21.8. The number of benzene rings is 1. The fraction of sp³-hybridized carbons (Fsp3) is 0.0769. The zero-order valence-electron chi connectivity index (χ0n) is 9.71. The molecule has 0 atom stereocenters. The first-order valence-corrected chi connectivity index (χ1v) is 5.06. The van der Waals surface area contributed by atoms with Gasteiger partial charge in [0.05, 0.1) is 11.1 Å². The van der Waals surface area contributed by atoms with Gasteiger partial charge < -0.3 is 14.9 Å². The lowest BCUT2D eigenvalue weighted by molar-refractivity contribution is 0.0651. The fourth-order valence-electron chi connectivity index (χ4n) is 1.30. The number of aromatic carboxylic acids is 2. The normalized spacial score (nSPS) is 10.8. The number of rotatable bonds is 5. The predicted molar refractivity (Wildman–Crippen MR) is 64.9 cm³/mol. The lowest BCUT2D eigenvalue weighted by Crippen LogP contribution is -2.08. The second kappa shape index (κ2) is 5.67. The summed E-state index contributed by atoms with van der Waals surface area (Å²) in [5, 5.41) is 17.8. The summed E-state index contributed by atoms with van der Waals surface area (Å²) in [5.41, 5.74) is -0.602. The van der Waals surface area contributed by atoms with Gasteiger partial charge in [-0.15, -0.1) is 0 Å². The van der Waals surface area contributed by atoms with E-state index in [1.54, 1.807) is 13.0 Å². The second-order valence-corrected chi connectivity index (χ2v) is 3.31. The van der Waals surface area contributed by atoms with Crippen LogP contribution >= 0.6 is 0 Å². The lowest BCUT2D eigenvalue weighted by Gasteiger charge is -2.08. The molecule has 1 aromatic rings. The van der Waals surface area contributed by atoms with Crippen molar-refractivity contribution in [3.63, 3.8) is 0 Å². The molecular weight excluding hydrogens is 236 g/mol. The molecule has 94 valence electrons. The molecule has 0 amide bonds. The Kier molecular flexibility index (Phi) is 4.26. The highest BCUT2D eigenvalue weighted by molar-refractivity contribution is 6.02. The second-order valence-electron chi connectivity index (χ2n) is 3.31. The van der Waals surface area contributed by atoms with Gasteiger partial charge in [0.25, 0.3) is 0 Å². The van der Waals surface area contributed by atoms with Crippen LogP contribution in [0.4, 0.5) is 0 Å². The van der Waals surface area contributed by atoms with Crippen molar-refractivity contribution in [2.75, 3.05) is 0 Å². The van der Waals surface area contributed by atoms with Crippen molar-refractivity contribution in [1.82, 2.24) is 0 Å². The van der Waals surface area contributed by atoms with E-state index in [4.69, 9.17) is 14.9 Å². The predicted octanol–water partition coefficient (Wildman–Crippen LogP) is 2.55. The number of allylic oxidation sites excluding steroid dienone is 2. The lowest BCUT2D eigenvalue weighted by atomic mass is 10.1. The first-order chi connectivity index (χ1) is 8.49. The van der Waals surface area contributed by atoms with Gasteiger partial charge in [-0.05, 0) is 37.3 Å². The quantitative estimate of drug-likeness (QED) is 0.618. The summed E-state index contributed by atoms with van der Waals surface area (Å²) in [6.45, 7) is 5.26. The topological polar surface area (TPSA) is 83.8 Å². The molecule has 0 aliphatic heterocycles. The van der Waals surface area contributed by atoms with Gasteiger partial charge in [0, 0.05) is 0 Å². The number of carbonyl (C=O) groups is 2. The molecule has 0 aliphatic carbocycles. The molecule has 0 fully saturated rings. The van der Waals surface area contributed by atoms with Gasteiger partial charge in [-0.1, -0.05) is 6.58 Å². The summed E-state index contributed by atoms with van der Waals surface area (Å²) < 4.78 is 5.33. The highest BCUT2D eigenvalue weighted by atomic mass is 16.5. The van der Waals surface area contributed by atoms with Crippen LogP contribution in [0.25, 0.3) is 0 Å². The summed E-state index contributed by atoms with van der Waals surface area (Å²) in [6.07, 6.45) is 3.12. The van der Waals surface area contributed by atoms with Crippen LogP contribution in [0.5, 0.6) is 5.75 Å². The van der Waals surface area contributed by atoms with Crippen molar-refractivity contribution >= 4 is 11.9 Å². The smallest absolute Gasteiger partial charge is 0.336 e. The first kappa shape index (κ1) is 13.5. The van der Waals surface area contributed by atoms with Crippen LogP contribution in [0.15, 0.2) is 42.7 Å². The zero-order chi connectivity index (χ0) is 13.7. The standard InChI is InChI=1S/C13H12O5/c1-3-8(4-2)18-9-5-6-10(12(14)15)11(7-9)13(16)17/h3-7H,1H2,2H3,(H,14,15)(H,16,17). The number of ether oxygens (including phenoxy) is 1. The van der Waals surface area contributed by atoms with Gasteiger partial charge in [-0.3, -0.25) is 0 Å². The van der Waals surface area contributed by atoms with Crippen molar-refractivity contribution in [2.45, 2.75) is 6.92 Å². The molecule has 0 bridgehead atoms. The Morgan fingerprint density at radius 3 is 2.28 bits per heavy atom. The molecule has 2 N–H and O–H groups in total. The molecule has 1 rings (SSSR count). The van der Waals surface area contributed by atoms with Gasteiger partial charge in [0.2, 0.25) is 0 Å². The maximum atomic E-state index is 10.9. The molecule has 0 saturated carbocycles. The largest absolute Gasteiger partial charge is 0.478 e. The summed E-state index contributed by atoms with van der Waals surface area (Å²) >= 11 is 0. The Labute approximate surface area is 104 Å². The third-order valence-corrected chi connectivity index (χ3v) is 2.17. The van der Waals surface area contributed by atoms with E-state index in [2.05, 4.69) is 6.58 Å². The fourth-order valence-corrected chi connectivity index (χ4v) is 1.30. The van der Waals surface area contributed by atoms with E-state index in [-0.39, 0.29) is 16.9 Å². The molecule has 0 radical (unpaired) electrons. The average molecular weight is 248 g/mol. The van der Waals surface area contributed by atoms with E-state index in [1.165, 1.54) is 24.3 Å². The third-order valence-electron chi connectivity index (χ3n) is 2.17. The monoisotopic (exact) mass is 248 g/mol. The number of hydrogen-bond donors (Lipinski definition) is 2. The van der Waals surface area contributed by atoms with Crippen LogP contribution in [0, 0.1) is 0 Å². The summed E-state index contributed by atoms with van der Waals surface area (Å²) in [6, 6.07) is 3.75. The molecule has 0 spiro atoms. The Morgan fingerprint density at radius 2 is 1.83 bits per heavy atom. The van der Waals surface area contributed by atoms with Gasteiger partial charge in [0.1, 0.15) is 11.5 Å². The Hall–Kier alpha value is -2.56. The molecule has 0 aromatic heterocycles.